The number of aromatic hydroxyl groups is 1. The Balaban J connectivity index is 2.05. The van der Waals surface area contributed by atoms with Crippen LogP contribution >= 0.6 is 0 Å². The number of carbonyl (C=O) groups is 5. The van der Waals surface area contributed by atoms with Crippen molar-refractivity contribution in [1.82, 2.24) is 36.3 Å². The molecule has 1 heterocycles. The number of aryl methyl sites for hydroxylation is 2. The average molecular weight is 517 g/mol. The van der Waals surface area contributed by atoms with E-state index in [1.54, 1.807) is 25.4 Å². The topological polar surface area (TPSA) is 210 Å². The van der Waals surface area contributed by atoms with Gasteiger partial charge in [-0.3, -0.25) is 28.7 Å². The predicted molar refractivity (Wildman–Crippen MR) is 131 cm³/mol. The van der Waals surface area contributed by atoms with Gasteiger partial charge < -0.3 is 32.1 Å². The molecule has 200 valence electrons. The van der Waals surface area contributed by atoms with E-state index < -0.39 is 42.1 Å². The molecule has 2 atom stereocenters. The van der Waals surface area contributed by atoms with Crippen molar-refractivity contribution in [2.75, 3.05) is 14.1 Å². The number of carbonyl (C=O) groups excluding carboxylic acids is 5. The molecule has 1 aromatic carbocycles. The molecule has 0 spiro atoms. The molecule has 0 aliphatic rings. The Hall–Kier alpha value is -4.49. The fraction of sp³-hybridized carbons (Fsp3) is 0.435. The molecule has 0 saturated carbocycles. The molecule has 1 aromatic heterocycles. The highest BCUT2D eigenvalue weighted by Crippen LogP contribution is 2.12. The Labute approximate surface area is 213 Å². The number of hydrogen-bond acceptors (Lipinski definition) is 8. The van der Waals surface area contributed by atoms with Crippen molar-refractivity contribution < 1.29 is 29.1 Å². The van der Waals surface area contributed by atoms with Crippen LogP contribution in [0.4, 0.5) is 0 Å². The van der Waals surface area contributed by atoms with Gasteiger partial charge in [0.2, 0.25) is 29.5 Å². The second-order valence-corrected chi connectivity index (χ2v) is 8.23. The van der Waals surface area contributed by atoms with Crippen LogP contribution in [0.1, 0.15) is 30.5 Å². The molecule has 5 amide bonds. The molecular formula is C23H32N8O6. The second-order valence-electron chi connectivity index (χ2n) is 8.23. The molecule has 14 heteroatoms. The van der Waals surface area contributed by atoms with Gasteiger partial charge in [0.1, 0.15) is 17.8 Å². The highest BCUT2D eigenvalue weighted by atomic mass is 16.3. The Bertz CT molecular complexity index is 1100. The third kappa shape index (κ3) is 9.95. The maximum Gasteiger partial charge on any atom is 0.243 e. The minimum atomic E-state index is -1.21. The van der Waals surface area contributed by atoms with E-state index in [9.17, 15) is 29.1 Å². The molecule has 0 unspecified atom stereocenters. The van der Waals surface area contributed by atoms with Crippen molar-refractivity contribution in [2.24, 2.45) is 5.73 Å². The van der Waals surface area contributed by atoms with Gasteiger partial charge in [0, 0.05) is 46.0 Å². The second kappa shape index (κ2) is 14.2. The first-order valence-electron chi connectivity index (χ1n) is 11.6. The van der Waals surface area contributed by atoms with Crippen molar-refractivity contribution in [2.45, 2.75) is 50.7 Å². The Morgan fingerprint density at radius 3 is 2.27 bits per heavy atom. The van der Waals surface area contributed by atoms with E-state index in [0.29, 0.717) is 17.7 Å². The maximum absolute atomic E-state index is 13.0. The van der Waals surface area contributed by atoms with Gasteiger partial charge in [0.25, 0.3) is 0 Å². The maximum atomic E-state index is 13.0. The first-order valence-corrected chi connectivity index (χ1v) is 11.6. The number of phenols is 1. The molecule has 14 nitrogen and oxygen atoms in total. The zero-order valence-electron chi connectivity index (χ0n) is 20.7. The fourth-order valence-electron chi connectivity index (χ4n) is 3.35. The minimum absolute atomic E-state index is 0.0300. The fourth-order valence-corrected chi connectivity index (χ4v) is 3.35. The zero-order valence-corrected chi connectivity index (χ0v) is 20.7. The summed E-state index contributed by atoms with van der Waals surface area (Å²) in [5.41, 5.74) is 6.44. The molecule has 7 N–H and O–H groups in total. The van der Waals surface area contributed by atoms with E-state index >= 15 is 0 Å². The van der Waals surface area contributed by atoms with Gasteiger partial charge >= 0.3 is 0 Å². The lowest BCUT2D eigenvalue weighted by atomic mass is 10.0. The van der Waals surface area contributed by atoms with Gasteiger partial charge in [-0.2, -0.15) is 0 Å². The van der Waals surface area contributed by atoms with Crippen molar-refractivity contribution in [3.05, 3.63) is 41.7 Å². The number of benzene rings is 1. The summed E-state index contributed by atoms with van der Waals surface area (Å²) in [6, 6.07) is 3.78. The van der Waals surface area contributed by atoms with E-state index in [2.05, 4.69) is 31.6 Å². The SMILES string of the molecule is CNC(=O)CCc1cn(CCC(=O)N[C@H](Cc2ccc(O)cc2)C(=O)N[C@@H](CC(N)=O)C(=O)NC)nn1. The number of likely N-dealkylation sites (N-methyl/N-ethyl adjacent to an activating group) is 1. The van der Waals surface area contributed by atoms with Crippen LogP contribution in [0.15, 0.2) is 30.5 Å². The van der Waals surface area contributed by atoms with Crippen LogP contribution in [-0.4, -0.2) is 75.8 Å². The summed E-state index contributed by atoms with van der Waals surface area (Å²) >= 11 is 0. The lowest BCUT2D eigenvalue weighted by molar-refractivity contribution is -0.133. The molecule has 0 radical (unpaired) electrons. The summed E-state index contributed by atoms with van der Waals surface area (Å²) in [5, 5.41) is 27.4. The summed E-state index contributed by atoms with van der Waals surface area (Å²) in [4.78, 5) is 60.5. The van der Waals surface area contributed by atoms with Gasteiger partial charge in [-0.15, -0.1) is 5.10 Å². The summed E-state index contributed by atoms with van der Waals surface area (Å²) in [5.74, 6) is -2.63. The number of nitrogens with zero attached hydrogens (tertiary/aromatic N) is 3. The number of nitrogens with two attached hydrogens (primary N) is 1. The minimum Gasteiger partial charge on any atom is -0.508 e. The number of amides is 5. The van der Waals surface area contributed by atoms with E-state index in [1.165, 1.54) is 23.9 Å². The molecule has 2 rings (SSSR count). The molecule has 0 aliphatic carbocycles. The monoisotopic (exact) mass is 516 g/mol. The number of hydrogen-bond donors (Lipinski definition) is 6. The third-order valence-electron chi connectivity index (χ3n) is 5.35. The van der Waals surface area contributed by atoms with Crippen LogP contribution in [-0.2, 0) is 43.4 Å². The van der Waals surface area contributed by atoms with Gasteiger partial charge in [-0.25, -0.2) is 0 Å². The van der Waals surface area contributed by atoms with Crippen molar-refractivity contribution in [3.8, 4) is 5.75 Å². The largest absolute Gasteiger partial charge is 0.508 e. The molecule has 0 saturated heterocycles. The van der Waals surface area contributed by atoms with Crippen molar-refractivity contribution in [3.63, 3.8) is 0 Å². The standard InChI is InChI=1S/C23H32N8O6/c1-25-20(34)8-5-15-13-31(30-29-15)10-9-21(35)27-17(11-14-3-6-16(32)7-4-14)23(37)28-18(12-19(24)33)22(36)26-2/h3-4,6-7,13,17-18,32H,5,8-12H2,1-2H3,(H2,24,33)(H,25,34)(H,26,36)(H,27,35)(H,28,37)/t17-,18+/m1/s1. The van der Waals surface area contributed by atoms with E-state index in [1.807, 2.05) is 0 Å². The molecule has 0 bridgehead atoms. The number of nitrogens with one attached hydrogen (secondary N) is 4. The Morgan fingerprint density at radius 2 is 1.65 bits per heavy atom. The van der Waals surface area contributed by atoms with Gasteiger partial charge in [-0.1, -0.05) is 17.3 Å². The van der Waals surface area contributed by atoms with E-state index in [-0.39, 0.29) is 37.5 Å². The normalized spacial score (nSPS) is 12.2. The highest BCUT2D eigenvalue weighted by molar-refractivity contribution is 5.94. The van der Waals surface area contributed by atoms with Crippen LogP contribution in [0.3, 0.4) is 0 Å². The van der Waals surface area contributed by atoms with Crippen molar-refractivity contribution in [1.29, 1.82) is 0 Å². The van der Waals surface area contributed by atoms with E-state index in [4.69, 9.17) is 5.73 Å². The van der Waals surface area contributed by atoms with Crippen LogP contribution in [0.25, 0.3) is 0 Å². The molecular weight excluding hydrogens is 484 g/mol. The lowest BCUT2D eigenvalue weighted by Gasteiger charge is -2.22. The third-order valence-corrected chi connectivity index (χ3v) is 5.35. The number of primary amides is 1. The first-order chi connectivity index (χ1) is 17.6. The highest BCUT2D eigenvalue weighted by Gasteiger charge is 2.27. The van der Waals surface area contributed by atoms with Gasteiger partial charge in [0.15, 0.2) is 0 Å². The van der Waals surface area contributed by atoms with Crippen LogP contribution < -0.4 is 27.0 Å². The predicted octanol–water partition coefficient (Wildman–Crippen LogP) is -2.11. The Morgan fingerprint density at radius 1 is 0.946 bits per heavy atom. The molecule has 37 heavy (non-hydrogen) atoms. The summed E-state index contributed by atoms with van der Waals surface area (Å²) in [6.07, 6.45) is 1.91. The average Bonchev–Trinajstić information content (AvgIpc) is 3.33. The number of phenolic OH excluding ortho intramolecular Hbond substituents is 1. The zero-order chi connectivity index (χ0) is 27.4. The van der Waals surface area contributed by atoms with E-state index in [0.717, 1.165) is 0 Å². The summed E-state index contributed by atoms with van der Waals surface area (Å²) in [6.45, 7) is 0.175. The lowest BCUT2D eigenvalue weighted by Crippen LogP contribution is -2.55. The van der Waals surface area contributed by atoms with Crippen molar-refractivity contribution >= 4 is 29.5 Å². The summed E-state index contributed by atoms with van der Waals surface area (Å²) < 4.78 is 1.46. The molecule has 2 aromatic rings. The van der Waals surface area contributed by atoms with Gasteiger partial charge in [-0.05, 0) is 17.7 Å². The van der Waals surface area contributed by atoms with Crippen LogP contribution in [0.5, 0.6) is 5.75 Å². The summed E-state index contributed by atoms with van der Waals surface area (Å²) in [7, 11) is 2.90. The molecule has 0 aliphatic heterocycles. The Kier molecular flexibility index (Phi) is 11.0. The number of rotatable bonds is 14. The molecule has 0 fully saturated rings. The first kappa shape index (κ1) is 28.7. The quantitative estimate of drug-likeness (QED) is 0.163. The van der Waals surface area contributed by atoms with Crippen LogP contribution in [0, 0.1) is 0 Å². The van der Waals surface area contributed by atoms with Crippen LogP contribution in [0.2, 0.25) is 0 Å². The number of aromatic nitrogens is 3. The van der Waals surface area contributed by atoms with Gasteiger partial charge in [0.05, 0.1) is 18.7 Å². The smallest absolute Gasteiger partial charge is 0.243 e.